The molecule has 3 heterocycles. The second-order valence-electron chi connectivity index (χ2n) is 8.93. The summed E-state index contributed by atoms with van der Waals surface area (Å²) in [5.74, 6) is 0.703. The van der Waals surface area contributed by atoms with Gasteiger partial charge in [0.2, 0.25) is 0 Å². The van der Waals surface area contributed by atoms with Crippen molar-refractivity contribution < 1.29 is 9.53 Å². The van der Waals surface area contributed by atoms with Crippen LogP contribution in [0.15, 0.2) is 16.9 Å². The number of nitrogens with zero attached hydrogens (tertiary/aromatic N) is 6. The molecule has 3 aromatic rings. The average molecular weight is 461 g/mol. The second-order valence-corrected chi connectivity index (χ2v) is 9.28. The van der Waals surface area contributed by atoms with E-state index in [1.54, 1.807) is 14.0 Å². The van der Waals surface area contributed by atoms with Gasteiger partial charge in [0.25, 0.3) is 0 Å². The molecule has 1 amide bonds. The molecule has 0 saturated carbocycles. The molecule has 2 aromatic heterocycles. The first-order valence-corrected chi connectivity index (χ1v) is 11.3. The fraction of sp³-hybridized carbons (Fsp3) is 0.545. The maximum Gasteiger partial charge on any atom is 0.410 e. The number of aromatic nitrogens is 4. The molecule has 0 atom stereocenters. The normalized spacial score (nSPS) is 15.1. The quantitative estimate of drug-likeness (QED) is 0.594. The molecule has 32 heavy (non-hydrogen) atoms. The lowest BCUT2D eigenvalue weighted by atomic mass is 10.1. The standard InChI is InChI=1S/C22H29ClN6O3/c1-6-28-16-12-14-15(13-17(16)29(7-2)20(28)30)19(25-24-18(14)23)26-8-10-27(11-9-26)21(31)32-22(3,4)5/h12-13H,6-11H2,1-5H3. The molecule has 9 nitrogen and oxygen atoms in total. The molecule has 0 N–H and O–H groups in total. The van der Waals surface area contributed by atoms with E-state index in [0.29, 0.717) is 50.2 Å². The molecule has 1 aromatic carbocycles. The van der Waals surface area contributed by atoms with Crippen molar-refractivity contribution in [3.63, 3.8) is 0 Å². The molecule has 0 spiro atoms. The third-order valence-corrected chi connectivity index (χ3v) is 6.00. The van der Waals surface area contributed by atoms with Gasteiger partial charge in [0.05, 0.1) is 11.0 Å². The van der Waals surface area contributed by atoms with Gasteiger partial charge < -0.3 is 14.5 Å². The van der Waals surface area contributed by atoms with E-state index in [-0.39, 0.29) is 11.8 Å². The summed E-state index contributed by atoms with van der Waals surface area (Å²) in [5, 5.41) is 10.5. The van der Waals surface area contributed by atoms with Crippen molar-refractivity contribution in [2.75, 3.05) is 31.1 Å². The van der Waals surface area contributed by atoms with E-state index < -0.39 is 5.60 Å². The highest BCUT2D eigenvalue weighted by molar-refractivity contribution is 6.35. The van der Waals surface area contributed by atoms with Gasteiger partial charge in [0.1, 0.15) is 5.60 Å². The van der Waals surface area contributed by atoms with Crippen LogP contribution in [0, 0.1) is 0 Å². The predicted octanol–water partition coefficient (Wildman–Crippen LogP) is 3.50. The number of amides is 1. The number of ether oxygens (including phenoxy) is 1. The van der Waals surface area contributed by atoms with E-state index >= 15 is 0 Å². The maximum absolute atomic E-state index is 12.8. The molecule has 1 fully saturated rings. The number of hydrogen-bond acceptors (Lipinski definition) is 6. The molecule has 10 heteroatoms. The number of rotatable bonds is 3. The van der Waals surface area contributed by atoms with E-state index in [1.165, 1.54) is 0 Å². The van der Waals surface area contributed by atoms with Crippen LogP contribution in [0.3, 0.4) is 0 Å². The Balaban J connectivity index is 1.71. The fourth-order valence-corrected chi connectivity index (χ4v) is 4.38. The number of imidazole rings is 1. The number of carbonyl (C=O) groups excluding carboxylic acids is 1. The summed E-state index contributed by atoms with van der Waals surface area (Å²) in [7, 11) is 0. The molecule has 0 bridgehead atoms. The monoisotopic (exact) mass is 460 g/mol. The zero-order chi connectivity index (χ0) is 23.2. The second kappa shape index (κ2) is 8.27. The van der Waals surface area contributed by atoms with Crippen molar-refractivity contribution in [3.05, 3.63) is 27.8 Å². The van der Waals surface area contributed by atoms with E-state index in [0.717, 1.165) is 21.8 Å². The summed E-state index contributed by atoms with van der Waals surface area (Å²) in [6.45, 7) is 12.9. The van der Waals surface area contributed by atoms with Gasteiger partial charge in [-0.25, -0.2) is 9.59 Å². The lowest BCUT2D eigenvalue weighted by Crippen LogP contribution is -2.50. The number of hydrogen-bond donors (Lipinski definition) is 0. The summed E-state index contributed by atoms with van der Waals surface area (Å²) in [6, 6.07) is 3.91. The zero-order valence-electron chi connectivity index (χ0n) is 19.2. The Morgan fingerprint density at radius 3 is 2.09 bits per heavy atom. The van der Waals surface area contributed by atoms with Crippen LogP contribution in [0.4, 0.5) is 10.6 Å². The molecular formula is C22H29ClN6O3. The number of aryl methyl sites for hydroxylation is 2. The largest absolute Gasteiger partial charge is 0.444 e. The summed E-state index contributed by atoms with van der Waals surface area (Å²) in [5.41, 5.74) is 1.12. The van der Waals surface area contributed by atoms with Crippen molar-refractivity contribution in [1.82, 2.24) is 24.2 Å². The molecule has 1 aliphatic rings. The highest BCUT2D eigenvalue weighted by Crippen LogP contribution is 2.32. The van der Waals surface area contributed by atoms with Gasteiger partial charge in [-0.2, -0.15) is 0 Å². The summed E-state index contributed by atoms with van der Waals surface area (Å²) < 4.78 is 9.00. The maximum atomic E-state index is 12.8. The highest BCUT2D eigenvalue weighted by atomic mass is 35.5. The Hall–Kier alpha value is -2.81. The number of benzene rings is 1. The van der Waals surface area contributed by atoms with Crippen LogP contribution >= 0.6 is 11.6 Å². The van der Waals surface area contributed by atoms with Gasteiger partial charge in [-0.3, -0.25) is 9.13 Å². The van der Waals surface area contributed by atoms with Crippen molar-refractivity contribution in [2.24, 2.45) is 0 Å². The smallest absolute Gasteiger partial charge is 0.410 e. The van der Waals surface area contributed by atoms with Crippen molar-refractivity contribution in [1.29, 1.82) is 0 Å². The molecule has 1 saturated heterocycles. The number of anilines is 1. The summed E-state index contributed by atoms with van der Waals surface area (Å²) in [4.78, 5) is 29.0. The van der Waals surface area contributed by atoms with Crippen molar-refractivity contribution >= 4 is 45.3 Å². The topological polar surface area (TPSA) is 85.5 Å². The zero-order valence-corrected chi connectivity index (χ0v) is 19.9. The van der Waals surface area contributed by atoms with Gasteiger partial charge >= 0.3 is 11.8 Å². The Morgan fingerprint density at radius 2 is 1.56 bits per heavy atom. The molecule has 1 aliphatic heterocycles. The van der Waals surface area contributed by atoms with Crippen LogP contribution in [0.25, 0.3) is 21.8 Å². The molecule has 0 radical (unpaired) electrons. The Bertz CT molecular complexity index is 1230. The molecule has 0 unspecified atom stereocenters. The highest BCUT2D eigenvalue weighted by Gasteiger charge is 2.28. The van der Waals surface area contributed by atoms with Crippen LogP contribution in [0.5, 0.6) is 0 Å². The summed E-state index contributed by atoms with van der Waals surface area (Å²) >= 11 is 6.41. The van der Waals surface area contributed by atoms with Gasteiger partial charge in [-0.15, -0.1) is 10.2 Å². The molecule has 0 aliphatic carbocycles. The molecular weight excluding hydrogens is 432 g/mol. The number of carbonyl (C=O) groups is 1. The minimum absolute atomic E-state index is 0.0372. The molecule has 4 rings (SSSR count). The first-order valence-electron chi connectivity index (χ1n) is 11.0. The van der Waals surface area contributed by atoms with Crippen molar-refractivity contribution in [2.45, 2.75) is 53.3 Å². The Morgan fingerprint density at radius 1 is 1.00 bits per heavy atom. The number of fused-ring (bicyclic) bond motifs is 2. The van der Waals surface area contributed by atoms with E-state index in [9.17, 15) is 9.59 Å². The van der Waals surface area contributed by atoms with Crippen LogP contribution in [-0.2, 0) is 17.8 Å². The summed E-state index contributed by atoms with van der Waals surface area (Å²) in [6.07, 6.45) is -0.307. The SMILES string of the molecule is CCn1c(=O)n(CC)c2cc3c(N4CCN(C(=O)OC(C)(C)C)CC4)nnc(Cl)c3cc21. The van der Waals surface area contributed by atoms with E-state index in [1.807, 2.05) is 46.8 Å². The van der Waals surface area contributed by atoms with Crippen LogP contribution < -0.4 is 10.6 Å². The third-order valence-electron chi connectivity index (χ3n) is 5.72. The first kappa shape index (κ1) is 22.4. The number of halogens is 1. The van der Waals surface area contributed by atoms with Crippen LogP contribution in [0.2, 0.25) is 5.15 Å². The third kappa shape index (κ3) is 3.90. The van der Waals surface area contributed by atoms with Gasteiger partial charge in [-0.1, -0.05) is 11.6 Å². The first-order chi connectivity index (χ1) is 15.1. The fourth-order valence-electron chi connectivity index (χ4n) is 4.19. The van der Waals surface area contributed by atoms with Gasteiger partial charge in [0, 0.05) is 50.0 Å². The Labute approximate surface area is 191 Å². The minimum atomic E-state index is -0.526. The Kier molecular flexibility index (Phi) is 5.79. The average Bonchev–Trinajstić information content (AvgIpc) is 3.01. The van der Waals surface area contributed by atoms with Crippen molar-refractivity contribution in [3.8, 4) is 0 Å². The van der Waals surface area contributed by atoms with E-state index in [4.69, 9.17) is 16.3 Å². The molecule has 172 valence electrons. The number of piperazine rings is 1. The van der Waals surface area contributed by atoms with Gasteiger partial charge in [-0.05, 0) is 46.8 Å². The van der Waals surface area contributed by atoms with Gasteiger partial charge in [0.15, 0.2) is 11.0 Å². The van der Waals surface area contributed by atoms with Crippen LogP contribution in [-0.4, -0.2) is 62.1 Å². The van der Waals surface area contributed by atoms with E-state index in [2.05, 4.69) is 15.1 Å². The minimum Gasteiger partial charge on any atom is -0.444 e. The van der Waals surface area contributed by atoms with Crippen LogP contribution in [0.1, 0.15) is 34.6 Å². The lowest BCUT2D eigenvalue weighted by Gasteiger charge is -2.36. The lowest BCUT2D eigenvalue weighted by molar-refractivity contribution is 0.0240. The predicted molar refractivity (Wildman–Crippen MR) is 126 cm³/mol.